The predicted octanol–water partition coefficient (Wildman–Crippen LogP) is 3.22. The third-order valence-electron chi connectivity index (χ3n) is 3.42. The zero-order valence-corrected chi connectivity index (χ0v) is 14.5. The fraction of sp³-hybridized carbons (Fsp3) is 0.471. The van der Waals surface area contributed by atoms with Gasteiger partial charge in [-0.05, 0) is 24.1 Å². The molecule has 5 nitrogen and oxygen atoms in total. The van der Waals surface area contributed by atoms with Crippen molar-refractivity contribution < 1.29 is 32.2 Å². The number of methoxy groups -OCH3 is 3. The highest BCUT2D eigenvalue weighted by Gasteiger charge is 2.32. The number of rotatable bonds is 9. The van der Waals surface area contributed by atoms with E-state index in [1.807, 2.05) is 0 Å². The van der Waals surface area contributed by atoms with Crippen molar-refractivity contribution in [3.63, 3.8) is 0 Å². The normalized spacial score (nSPS) is 11.0. The Bertz CT molecular complexity index is 577. The topological polar surface area (TPSA) is 48.0 Å². The van der Waals surface area contributed by atoms with Crippen molar-refractivity contribution in [3.8, 4) is 17.2 Å². The van der Waals surface area contributed by atoms with Crippen LogP contribution in [0, 0.1) is 0 Å². The van der Waals surface area contributed by atoms with Crippen LogP contribution in [0.15, 0.2) is 24.8 Å². The lowest BCUT2D eigenvalue weighted by atomic mass is 10.1. The lowest BCUT2D eigenvalue weighted by Gasteiger charge is -2.22. The van der Waals surface area contributed by atoms with Gasteiger partial charge in [-0.2, -0.15) is 13.2 Å². The molecule has 1 amide bonds. The Kier molecular flexibility index (Phi) is 7.60. The lowest BCUT2D eigenvalue weighted by molar-refractivity contribution is -0.160. The summed E-state index contributed by atoms with van der Waals surface area (Å²) < 4.78 is 53.3. The van der Waals surface area contributed by atoms with Crippen LogP contribution in [0.1, 0.15) is 12.0 Å². The molecule has 1 aromatic carbocycles. The number of nitrogens with zero attached hydrogens (tertiary/aromatic N) is 1. The van der Waals surface area contributed by atoms with Crippen LogP contribution in [-0.2, 0) is 11.2 Å². The average molecular weight is 361 g/mol. The molecule has 140 valence electrons. The third-order valence-corrected chi connectivity index (χ3v) is 3.42. The van der Waals surface area contributed by atoms with Gasteiger partial charge in [-0.25, -0.2) is 0 Å². The van der Waals surface area contributed by atoms with E-state index in [0.29, 0.717) is 22.8 Å². The Hall–Kier alpha value is -2.38. The van der Waals surface area contributed by atoms with E-state index in [0.717, 1.165) is 4.90 Å². The monoisotopic (exact) mass is 361 g/mol. The van der Waals surface area contributed by atoms with Crippen molar-refractivity contribution >= 4 is 5.91 Å². The SMILES string of the molecule is C=CCN(CC(F)(F)F)C(=O)CCc1cc(OC)c(OC)c(OC)c1. The molecular formula is C17H22F3NO4. The number of halogens is 3. The van der Waals surface area contributed by atoms with E-state index in [-0.39, 0.29) is 19.4 Å². The standard InChI is InChI=1S/C17H22F3NO4/c1-5-8-21(11-17(18,19)20)15(22)7-6-12-9-13(23-2)16(25-4)14(10-12)24-3/h5,9-10H,1,6-8,11H2,2-4H3. The van der Waals surface area contributed by atoms with Crippen LogP contribution in [0.5, 0.6) is 17.2 Å². The van der Waals surface area contributed by atoms with Crippen LogP contribution in [0.25, 0.3) is 0 Å². The first-order valence-corrected chi connectivity index (χ1v) is 7.50. The van der Waals surface area contributed by atoms with E-state index in [1.54, 1.807) is 12.1 Å². The van der Waals surface area contributed by atoms with E-state index < -0.39 is 18.6 Å². The number of hydrogen-bond donors (Lipinski definition) is 0. The van der Waals surface area contributed by atoms with Crippen molar-refractivity contribution in [2.45, 2.75) is 19.0 Å². The summed E-state index contributed by atoms with van der Waals surface area (Å²) in [6.07, 6.45) is -3.03. The molecular weight excluding hydrogens is 339 g/mol. The molecule has 8 heteroatoms. The van der Waals surface area contributed by atoms with Crippen LogP contribution in [0.3, 0.4) is 0 Å². The van der Waals surface area contributed by atoms with E-state index in [2.05, 4.69) is 6.58 Å². The van der Waals surface area contributed by atoms with Gasteiger partial charge in [0.25, 0.3) is 0 Å². The van der Waals surface area contributed by atoms with Gasteiger partial charge < -0.3 is 19.1 Å². The molecule has 1 aromatic rings. The van der Waals surface area contributed by atoms with Gasteiger partial charge >= 0.3 is 6.18 Å². The van der Waals surface area contributed by atoms with Crippen LogP contribution in [0.4, 0.5) is 13.2 Å². The van der Waals surface area contributed by atoms with Crippen molar-refractivity contribution in [1.82, 2.24) is 4.90 Å². The summed E-state index contributed by atoms with van der Waals surface area (Å²) in [4.78, 5) is 12.8. The number of ether oxygens (including phenoxy) is 3. The lowest BCUT2D eigenvalue weighted by Crippen LogP contribution is -2.39. The number of alkyl halides is 3. The molecule has 1 rings (SSSR count). The molecule has 0 aliphatic rings. The summed E-state index contributed by atoms with van der Waals surface area (Å²) in [5.74, 6) is 0.640. The smallest absolute Gasteiger partial charge is 0.406 e. The molecule has 0 bridgehead atoms. The molecule has 0 atom stereocenters. The first-order valence-electron chi connectivity index (χ1n) is 7.50. The summed E-state index contributed by atoms with van der Waals surface area (Å²) in [5.41, 5.74) is 0.688. The Morgan fingerprint density at radius 3 is 2.12 bits per heavy atom. The number of carbonyl (C=O) groups excluding carboxylic acids is 1. The number of aryl methyl sites for hydroxylation is 1. The first kappa shape index (κ1) is 20.7. The number of benzene rings is 1. The number of carbonyl (C=O) groups is 1. The van der Waals surface area contributed by atoms with Gasteiger partial charge in [0.1, 0.15) is 6.54 Å². The third kappa shape index (κ3) is 6.21. The van der Waals surface area contributed by atoms with Crippen molar-refractivity contribution in [2.24, 2.45) is 0 Å². The fourth-order valence-electron chi connectivity index (χ4n) is 2.32. The predicted molar refractivity (Wildman–Crippen MR) is 87.3 cm³/mol. The fourth-order valence-corrected chi connectivity index (χ4v) is 2.32. The van der Waals surface area contributed by atoms with Crippen LogP contribution in [-0.4, -0.2) is 51.4 Å². The Morgan fingerprint density at radius 1 is 1.16 bits per heavy atom. The molecule has 0 aromatic heterocycles. The molecule has 0 radical (unpaired) electrons. The van der Waals surface area contributed by atoms with Crippen LogP contribution >= 0.6 is 0 Å². The molecule has 0 spiro atoms. The maximum atomic E-state index is 12.6. The van der Waals surface area contributed by atoms with E-state index in [9.17, 15) is 18.0 Å². The minimum atomic E-state index is -4.45. The zero-order chi connectivity index (χ0) is 19.0. The number of amides is 1. The van der Waals surface area contributed by atoms with E-state index in [4.69, 9.17) is 14.2 Å². The summed E-state index contributed by atoms with van der Waals surface area (Å²) >= 11 is 0. The Labute approximate surface area is 145 Å². The van der Waals surface area contributed by atoms with Gasteiger partial charge in [-0.15, -0.1) is 6.58 Å². The van der Waals surface area contributed by atoms with E-state index >= 15 is 0 Å². The summed E-state index contributed by atoms with van der Waals surface area (Å²) in [5, 5.41) is 0. The first-order chi connectivity index (χ1) is 11.8. The van der Waals surface area contributed by atoms with Gasteiger partial charge in [0.15, 0.2) is 11.5 Å². The summed E-state index contributed by atoms with van der Waals surface area (Å²) in [6, 6.07) is 3.33. The zero-order valence-electron chi connectivity index (χ0n) is 14.5. The molecule has 0 saturated heterocycles. The van der Waals surface area contributed by atoms with Gasteiger partial charge in [0, 0.05) is 13.0 Å². The Morgan fingerprint density at radius 2 is 1.72 bits per heavy atom. The molecule has 0 aliphatic heterocycles. The van der Waals surface area contributed by atoms with Crippen molar-refractivity contribution in [1.29, 1.82) is 0 Å². The average Bonchev–Trinajstić information content (AvgIpc) is 2.56. The number of hydrogen-bond acceptors (Lipinski definition) is 4. The maximum Gasteiger partial charge on any atom is 0.406 e. The molecule has 25 heavy (non-hydrogen) atoms. The van der Waals surface area contributed by atoms with Crippen molar-refractivity contribution in [2.75, 3.05) is 34.4 Å². The highest BCUT2D eigenvalue weighted by atomic mass is 19.4. The molecule has 0 N–H and O–H groups in total. The van der Waals surface area contributed by atoms with Crippen LogP contribution in [0.2, 0.25) is 0 Å². The molecule has 0 unspecified atom stereocenters. The maximum absolute atomic E-state index is 12.6. The largest absolute Gasteiger partial charge is 0.493 e. The van der Waals surface area contributed by atoms with Gasteiger partial charge in [0.2, 0.25) is 11.7 Å². The molecule has 0 saturated carbocycles. The highest BCUT2D eigenvalue weighted by molar-refractivity contribution is 5.76. The van der Waals surface area contributed by atoms with E-state index in [1.165, 1.54) is 27.4 Å². The highest BCUT2D eigenvalue weighted by Crippen LogP contribution is 2.38. The second-order valence-electron chi connectivity index (χ2n) is 5.21. The quantitative estimate of drug-likeness (QED) is 0.634. The van der Waals surface area contributed by atoms with Crippen molar-refractivity contribution in [3.05, 3.63) is 30.4 Å². The molecule has 0 fully saturated rings. The van der Waals surface area contributed by atoms with Crippen LogP contribution < -0.4 is 14.2 Å². The Balaban J connectivity index is 2.88. The minimum Gasteiger partial charge on any atom is -0.493 e. The molecule has 0 aliphatic carbocycles. The van der Waals surface area contributed by atoms with Gasteiger partial charge in [-0.3, -0.25) is 4.79 Å². The second-order valence-corrected chi connectivity index (χ2v) is 5.21. The van der Waals surface area contributed by atoms with Gasteiger partial charge in [0.05, 0.1) is 21.3 Å². The summed E-state index contributed by atoms with van der Waals surface area (Å²) in [7, 11) is 4.39. The minimum absolute atomic E-state index is 0.0808. The second kappa shape index (κ2) is 9.19. The summed E-state index contributed by atoms with van der Waals surface area (Å²) in [6.45, 7) is 1.93. The molecule has 0 heterocycles. The van der Waals surface area contributed by atoms with Gasteiger partial charge in [-0.1, -0.05) is 6.08 Å².